The van der Waals surface area contributed by atoms with Crippen LogP contribution in [0.4, 0.5) is 0 Å². The van der Waals surface area contributed by atoms with Gasteiger partial charge in [-0.25, -0.2) is 0 Å². The summed E-state index contributed by atoms with van der Waals surface area (Å²) in [5, 5.41) is 7.64. The molecule has 0 aromatic rings. The van der Waals surface area contributed by atoms with Gasteiger partial charge >= 0.3 is 17.1 Å². The van der Waals surface area contributed by atoms with Crippen molar-refractivity contribution >= 4 is 100 Å². The van der Waals surface area contributed by atoms with Crippen molar-refractivity contribution in [3.05, 3.63) is 45.4 Å². The quantitative estimate of drug-likeness (QED) is 0.0198. The molecule has 25 heteroatoms. The van der Waals surface area contributed by atoms with Gasteiger partial charge in [-0.1, -0.05) is 21.6 Å². The molecule has 380 valence electrons. The highest BCUT2D eigenvalue weighted by atomic mass is 28.5. The van der Waals surface area contributed by atoms with Crippen LogP contribution in [0, 0.1) is 0 Å². The van der Waals surface area contributed by atoms with E-state index in [9.17, 15) is 0 Å². The highest BCUT2D eigenvalue weighted by molar-refractivity contribution is 6.93. The normalized spacial score (nSPS) is 16.0. The van der Waals surface area contributed by atoms with E-state index in [1.807, 2.05) is 5.70 Å². The summed E-state index contributed by atoms with van der Waals surface area (Å²) in [4.78, 5) is 5.97. The summed E-state index contributed by atoms with van der Waals surface area (Å²) in [7, 11) is -25.4. The summed E-state index contributed by atoms with van der Waals surface area (Å²) < 4.78 is 49.8. The van der Waals surface area contributed by atoms with Crippen LogP contribution in [0.15, 0.2) is 34.8 Å². The predicted molar refractivity (Wildman–Crippen MR) is 311 cm³/mol. The van der Waals surface area contributed by atoms with Gasteiger partial charge in [0.15, 0.2) is 83.2 Å². The van der Waals surface area contributed by atoms with E-state index in [1.54, 1.807) is 0 Å². The Morgan fingerprint density at radius 1 is 0.338 bits per heavy atom. The molecule has 0 radical (unpaired) electrons. The lowest BCUT2D eigenvalue weighted by Crippen LogP contribution is -2.55. The van der Waals surface area contributed by atoms with Crippen LogP contribution in [0.5, 0.6) is 0 Å². The second kappa shape index (κ2) is 26.2. The third kappa shape index (κ3) is 30.7. The van der Waals surface area contributed by atoms with Gasteiger partial charge in [0, 0.05) is 22.9 Å². The van der Waals surface area contributed by atoms with Gasteiger partial charge < -0.3 is 28.8 Å². The van der Waals surface area contributed by atoms with Crippen LogP contribution < -0.4 is 0 Å². The molecule has 0 saturated heterocycles. The van der Waals surface area contributed by atoms with Crippen molar-refractivity contribution in [3.8, 4) is 0 Å². The Hall–Kier alpha value is 0.423. The van der Waals surface area contributed by atoms with E-state index in [0.717, 1.165) is 73.3 Å². The third-order valence-electron chi connectivity index (χ3n) is 11.8. The molecular formula is C40H100N6O7Si12. The third-order valence-corrected chi connectivity index (χ3v) is 58.7. The van der Waals surface area contributed by atoms with Crippen LogP contribution in [0.1, 0.15) is 12.8 Å². The Bertz CT molecular complexity index is 1610. The molecule has 2 unspecified atom stereocenters. The number of rotatable bonds is 36. The summed E-state index contributed by atoms with van der Waals surface area (Å²) in [5.41, 5.74) is 21.9. The summed E-state index contributed by atoms with van der Waals surface area (Å²) >= 11 is 0. The van der Waals surface area contributed by atoms with E-state index in [0.29, 0.717) is 13.1 Å². The molecule has 0 heterocycles. The molecule has 0 bridgehead atoms. The Labute approximate surface area is 412 Å². The number of hydrogen-bond acceptors (Lipinski definition) is 9. The maximum Gasteiger partial charge on any atom is 0.314 e. The van der Waals surface area contributed by atoms with Crippen molar-refractivity contribution < 1.29 is 28.8 Å². The lowest BCUT2D eigenvalue weighted by molar-refractivity contribution is 0.375. The van der Waals surface area contributed by atoms with Gasteiger partial charge in [-0.05, 0) is 228 Å². The van der Waals surface area contributed by atoms with E-state index in [4.69, 9.17) is 39.9 Å². The molecule has 65 heavy (non-hydrogen) atoms. The van der Waals surface area contributed by atoms with E-state index in [-0.39, 0.29) is 0 Å². The first-order valence-electron chi connectivity index (χ1n) is 24.2. The van der Waals surface area contributed by atoms with E-state index < -0.39 is 100 Å². The van der Waals surface area contributed by atoms with Crippen molar-refractivity contribution in [3.63, 3.8) is 0 Å². The number of hydrogen-bond donors (Lipinski definition) is 0. The molecule has 0 aliphatic heterocycles. The van der Waals surface area contributed by atoms with Crippen LogP contribution >= 0.6 is 0 Å². The van der Waals surface area contributed by atoms with E-state index in [2.05, 4.69) is 183 Å². The average Bonchev–Trinajstić information content (AvgIpc) is 3.10. The second-order valence-electron chi connectivity index (χ2n) is 24.8. The first-order valence-corrected chi connectivity index (χ1v) is 60.2. The lowest BCUT2D eigenvalue weighted by Gasteiger charge is -2.43. The van der Waals surface area contributed by atoms with Crippen LogP contribution in [-0.4, -0.2) is 113 Å². The minimum Gasteiger partial charge on any atom is -0.456 e. The largest absolute Gasteiger partial charge is 0.456 e. The van der Waals surface area contributed by atoms with Crippen molar-refractivity contribution in [1.82, 2.24) is 0 Å². The van der Waals surface area contributed by atoms with Crippen molar-refractivity contribution in [2.75, 3.05) is 13.1 Å². The summed E-state index contributed by atoms with van der Waals surface area (Å²) in [6.45, 7) is 60.2. The zero-order valence-electron chi connectivity index (χ0n) is 46.0. The molecule has 0 aromatic carbocycles. The highest BCUT2D eigenvalue weighted by Crippen LogP contribution is 2.36. The van der Waals surface area contributed by atoms with Gasteiger partial charge in [0.2, 0.25) is 0 Å². The molecule has 0 N–H and O–H groups in total. The number of nitrogens with zero attached hydrogens (tertiary/aromatic N) is 6. The first kappa shape index (κ1) is 65.4. The number of azide groups is 2. The van der Waals surface area contributed by atoms with E-state index >= 15 is 0 Å². The predicted octanol–water partition coefficient (Wildman–Crippen LogP) is 16.1. The smallest absolute Gasteiger partial charge is 0.314 e. The van der Waals surface area contributed by atoms with Gasteiger partial charge in [0.05, 0.1) is 0 Å². The molecule has 0 saturated carbocycles. The monoisotopic (exact) mass is 1110 g/mol. The van der Waals surface area contributed by atoms with Crippen LogP contribution in [0.25, 0.3) is 20.9 Å². The van der Waals surface area contributed by atoms with Crippen LogP contribution in [-0.2, 0) is 28.8 Å². The minimum atomic E-state index is -2.64. The Kier molecular flexibility index (Phi) is 26.4. The molecule has 0 rings (SSSR count). The molecule has 0 amide bonds. The van der Waals surface area contributed by atoms with E-state index in [1.165, 1.54) is 0 Å². The Morgan fingerprint density at radius 2 is 0.554 bits per heavy atom. The zero-order chi connectivity index (χ0) is 51.1. The van der Waals surface area contributed by atoms with Crippen molar-refractivity contribution in [2.45, 2.75) is 217 Å². The standard InChI is InChI=1S/C40H100N6O7Si12/c1-25-54(3,4)47-56(7,8)33-34-57(9,10)48-58(11,12)36-39-62(19,20)52-65(24,32-28-30-44-46-42)53-63(21,22)40-37-60(15,16)49-59(13,14)35-38-61(17,18)51-64(23,31-27-29-43-45-41)50-55(5,6)26-2/h25-26H,1-2,27-40H2,3-24H3. The maximum absolute atomic E-state index is 9.04. The van der Waals surface area contributed by atoms with Gasteiger partial charge in [0.1, 0.15) is 0 Å². The molecular weight excluding hydrogens is 1010 g/mol. The fourth-order valence-corrected chi connectivity index (χ4v) is 72.4. The van der Waals surface area contributed by atoms with Gasteiger partial charge in [-0.2, -0.15) is 0 Å². The summed E-state index contributed by atoms with van der Waals surface area (Å²) in [6, 6.07) is 10.1. The topological polar surface area (TPSA) is 162 Å². The molecule has 0 aliphatic carbocycles. The minimum absolute atomic E-state index is 0.456. The summed E-state index contributed by atoms with van der Waals surface area (Å²) in [6.07, 6.45) is 1.53. The molecule has 0 aliphatic rings. The second-order valence-corrected chi connectivity index (χ2v) is 75.4. The Balaban J connectivity index is 5.85. The molecule has 2 atom stereocenters. The zero-order valence-corrected chi connectivity index (χ0v) is 58.0. The molecule has 0 spiro atoms. The average molecular weight is 1110 g/mol. The van der Waals surface area contributed by atoms with Gasteiger partial charge in [-0.3, -0.25) is 0 Å². The van der Waals surface area contributed by atoms with Crippen LogP contribution in [0.2, 0.25) is 204 Å². The van der Waals surface area contributed by atoms with Crippen molar-refractivity contribution in [2.24, 2.45) is 10.2 Å². The summed E-state index contributed by atoms with van der Waals surface area (Å²) in [5.74, 6) is 0. The molecule has 13 nitrogen and oxygen atoms in total. The fraction of sp³-hybridized carbons (Fsp3) is 0.900. The SMILES string of the molecule is C=C[Si](C)(C)O[Si](C)(C)CC[Si](C)(C)O[Si](C)(C)CC[Si](C)(C)O[Si](C)(CCCN=[N+]=[N-])O[Si](C)(C)CC[Si](C)(C)O[Si](C)(C)CC[Si](C)(C)O[Si](C)(CCCN=[N+]=[N-])O[Si](C)(C)C=C. The van der Waals surface area contributed by atoms with Gasteiger partial charge in [0.25, 0.3) is 0 Å². The van der Waals surface area contributed by atoms with Crippen molar-refractivity contribution in [1.29, 1.82) is 0 Å². The fourth-order valence-electron chi connectivity index (χ4n) is 8.69. The molecule has 0 fully saturated rings. The first-order chi connectivity index (χ1) is 29.0. The van der Waals surface area contributed by atoms with Crippen LogP contribution in [0.3, 0.4) is 0 Å². The molecule has 0 aromatic heterocycles. The van der Waals surface area contributed by atoms with Gasteiger partial charge in [-0.15, -0.1) is 13.2 Å². The highest BCUT2D eigenvalue weighted by Gasteiger charge is 2.47. The Morgan fingerprint density at radius 3 is 0.800 bits per heavy atom. The maximum atomic E-state index is 9.04. The lowest BCUT2D eigenvalue weighted by atomic mass is 10.5.